The number of halogens is 1. The molecule has 10 heteroatoms. The molecule has 0 aliphatic heterocycles. The second-order valence-corrected chi connectivity index (χ2v) is 6.72. The largest absolute Gasteiger partial charge is 0.478 e. The number of sulfonamides is 1. The highest BCUT2D eigenvalue weighted by Gasteiger charge is 2.20. The van der Waals surface area contributed by atoms with E-state index in [1.807, 2.05) is 6.92 Å². The number of nitrogens with zero attached hydrogens (tertiary/aromatic N) is 2. The topological polar surface area (TPSA) is 111 Å². The minimum atomic E-state index is -4.09. The van der Waals surface area contributed by atoms with Gasteiger partial charge in [-0.25, -0.2) is 17.6 Å². The molecule has 2 N–H and O–H groups in total. The van der Waals surface area contributed by atoms with Crippen molar-refractivity contribution in [2.45, 2.75) is 17.9 Å². The molecule has 8 nitrogen and oxygen atoms in total. The van der Waals surface area contributed by atoms with Crippen LogP contribution in [-0.4, -0.2) is 43.0 Å². The summed E-state index contributed by atoms with van der Waals surface area (Å²) in [5.74, 6) is -2.56. The molecular formula is C14H16FN3O5S. The summed E-state index contributed by atoms with van der Waals surface area (Å²) < 4.78 is 46.9. The van der Waals surface area contributed by atoms with E-state index in [1.54, 1.807) is 13.3 Å². The summed E-state index contributed by atoms with van der Waals surface area (Å²) in [6.07, 6.45) is 1.58. The lowest BCUT2D eigenvalue weighted by Crippen LogP contribution is -2.16. The van der Waals surface area contributed by atoms with Crippen LogP contribution in [0.2, 0.25) is 0 Å². The lowest BCUT2D eigenvalue weighted by Gasteiger charge is -2.10. The molecule has 2 aromatic rings. The van der Waals surface area contributed by atoms with E-state index in [-0.39, 0.29) is 11.9 Å². The number of nitrogens with one attached hydrogen (secondary N) is 1. The molecule has 130 valence electrons. The molecule has 2 rings (SSSR count). The third-order valence-corrected chi connectivity index (χ3v) is 4.54. The molecule has 1 aromatic carbocycles. The number of aromatic carboxylic acids is 1. The van der Waals surface area contributed by atoms with Crippen molar-refractivity contribution in [3.8, 4) is 0 Å². The fraction of sp³-hybridized carbons (Fsp3) is 0.286. The van der Waals surface area contributed by atoms with Gasteiger partial charge in [-0.05, 0) is 25.1 Å². The van der Waals surface area contributed by atoms with Crippen LogP contribution in [0.25, 0.3) is 0 Å². The standard InChI is InChI=1S/C14H16FN3O5S/c1-9(8-23-2)18-6-5-13(16-18)17-24(21,22)10-3-4-11(14(19)20)12(15)7-10/h3-7,9H,8H2,1-2H3,(H,16,17)(H,19,20). The van der Waals surface area contributed by atoms with Gasteiger partial charge in [-0.3, -0.25) is 9.40 Å². The number of rotatable bonds is 7. The molecule has 0 aliphatic carbocycles. The van der Waals surface area contributed by atoms with Crippen molar-refractivity contribution in [3.05, 3.63) is 41.8 Å². The van der Waals surface area contributed by atoms with E-state index in [2.05, 4.69) is 9.82 Å². The van der Waals surface area contributed by atoms with Gasteiger partial charge in [-0.2, -0.15) is 5.10 Å². The monoisotopic (exact) mass is 357 g/mol. The van der Waals surface area contributed by atoms with Crippen LogP contribution in [0.15, 0.2) is 35.4 Å². The summed E-state index contributed by atoms with van der Waals surface area (Å²) in [5.41, 5.74) is -0.605. The van der Waals surface area contributed by atoms with Crippen LogP contribution in [0, 0.1) is 5.82 Å². The van der Waals surface area contributed by atoms with Crippen LogP contribution in [-0.2, 0) is 14.8 Å². The highest BCUT2D eigenvalue weighted by atomic mass is 32.2. The third-order valence-electron chi connectivity index (χ3n) is 3.19. The molecule has 1 unspecified atom stereocenters. The zero-order valence-corrected chi connectivity index (χ0v) is 13.7. The Morgan fingerprint density at radius 1 is 1.46 bits per heavy atom. The van der Waals surface area contributed by atoms with Gasteiger partial charge in [0, 0.05) is 19.4 Å². The first-order valence-corrected chi connectivity index (χ1v) is 8.32. The van der Waals surface area contributed by atoms with E-state index in [0.717, 1.165) is 12.1 Å². The number of hydrogen-bond acceptors (Lipinski definition) is 5. The van der Waals surface area contributed by atoms with Crippen molar-refractivity contribution in [3.63, 3.8) is 0 Å². The quantitative estimate of drug-likeness (QED) is 0.781. The van der Waals surface area contributed by atoms with Crippen molar-refractivity contribution < 1.29 is 27.4 Å². The van der Waals surface area contributed by atoms with Crippen LogP contribution < -0.4 is 4.72 Å². The number of hydrogen-bond donors (Lipinski definition) is 2. The SMILES string of the molecule is COCC(C)n1ccc(NS(=O)(=O)c2ccc(C(=O)O)c(F)c2)n1. The summed E-state index contributed by atoms with van der Waals surface area (Å²) >= 11 is 0. The fourth-order valence-electron chi connectivity index (χ4n) is 1.99. The van der Waals surface area contributed by atoms with Crippen LogP contribution in [0.3, 0.4) is 0 Å². The summed E-state index contributed by atoms with van der Waals surface area (Å²) in [6, 6.07) is 3.91. The first kappa shape index (κ1) is 17.9. The Morgan fingerprint density at radius 2 is 2.17 bits per heavy atom. The number of carbonyl (C=O) groups is 1. The summed E-state index contributed by atoms with van der Waals surface area (Å²) in [4.78, 5) is 10.4. The fourth-order valence-corrected chi connectivity index (χ4v) is 3.00. The molecular weight excluding hydrogens is 341 g/mol. The maximum Gasteiger partial charge on any atom is 0.338 e. The molecule has 0 saturated carbocycles. The van der Waals surface area contributed by atoms with Crippen LogP contribution in [0.1, 0.15) is 23.3 Å². The Morgan fingerprint density at radius 3 is 2.75 bits per heavy atom. The molecule has 0 fully saturated rings. The second-order valence-electron chi connectivity index (χ2n) is 5.04. The molecule has 24 heavy (non-hydrogen) atoms. The van der Waals surface area contributed by atoms with Gasteiger partial charge < -0.3 is 9.84 Å². The zero-order chi connectivity index (χ0) is 17.9. The van der Waals surface area contributed by atoms with Gasteiger partial charge in [0.1, 0.15) is 5.82 Å². The van der Waals surface area contributed by atoms with E-state index in [9.17, 15) is 17.6 Å². The predicted molar refractivity (Wildman–Crippen MR) is 83.0 cm³/mol. The Kier molecular flexibility index (Phi) is 5.20. The smallest absolute Gasteiger partial charge is 0.338 e. The summed E-state index contributed by atoms with van der Waals surface area (Å²) in [7, 11) is -2.55. The van der Waals surface area contributed by atoms with Crippen molar-refractivity contribution in [1.29, 1.82) is 0 Å². The number of methoxy groups -OCH3 is 1. The van der Waals surface area contributed by atoms with Gasteiger partial charge in [-0.15, -0.1) is 0 Å². The van der Waals surface area contributed by atoms with Gasteiger partial charge in [0.2, 0.25) is 0 Å². The van der Waals surface area contributed by atoms with E-state index in [4.69, 9.17) is 9.84 Å². The average molecular weight is 357 g/mol. The number of anilines is 1. The minimum Gasteiger partial charge on any atom is -0.478 e. The maximum atomic E-state index is 13.7. The Balaban J connectivity index is 2.23. The molecule has 1 aromatic heterocycles. The van der Waals surface area contributed by atoms with E-state index < -0.39 is 32.3 Å². The number of carboxylic acids is 1. The van der Waals surface area contributed by atoms with Gasteiger partial charge >= 0.3 is 5.97 Å². The van der Waals surface area contributed by atoms with E-state index in [1.165, 1.54) is 10.7 Å². The van der Waals surface area contributed by atoms with E-state index >= 15 is 0 Å². The lowest BCUT2D eigenvalue weighted by molar-refractivity contribution is 0.0691. The van der Waals surface area contributed by atoms with Crippen LogP contribution in [0.5, 0.6) is 0 Å². The van der Waals surface area contributed by atoms with Crippen molar-refractivity contribution in [2.75, 3.05) is 18.4 Å². The maximum absolute atomic E-state index is 13.7. The minimum absolute atomic E-state index is 0.0562. The normalized spacial score (nSPS) is 12.8. The molecule has 0 bridgehead atoms. The first-order valence-electron chi connectivity index (χ1n) is 6.84. The number of carboxylic acid groups (broad SMARTS) is 1. The van der Waals surface area contributed by atoms with Crippen LogP contribution >= 0.6 is 0 Å². The molecule has 0 saturated heterocycles. The Bertz CT molecular complexity index is 850. The lowest BCUT2D eigenvalue weighted by atomic mass is 10.2. The second kappa shape index (κ2) is 6.97. The number of ether oxygens (including phenoxy) is 1. The van der Waals surface area contributed by atoms with Gasteiger partial charge in [-0.1, -0.05) is 0 Å². The molecule has 0 aliphatic rings. The van der Waals surface area contributed by atoms with Crippen LogP contribution in [0.4, 0.5) is 10.2 Å². The van der Waals surface area contributed by atoms with Gasteiger partial charge in [0.25, 0.3) is 10.0 Å². The van der Waals surface area contributed by atoms with Crippen molar-refractivity contribution >= 4 is 21.8 Å². The molecule has 1 atom stereocenters. The summed E-state index contributed by atoms with van der Waals surface area (Å²) in [6.45, 7) is 2.24. The van der Waals surface area contributed by atoms with Crippen molar-refractivity contribution in [2.24, 2.45) is 0 Å². The van der Waals surface area contributed by atoms with Gasteiger partial charge in [0.05, 0.1) is 23.1 Å². The molecule has 1 heterocycles. The average Bonchev–Trinajstić information content (AvgIpc) is 2.94. The Hall–Kier alpha value is -2.46. The molecule has 0 spiro atoms. The third kappa shape index (κ3) is 3.89. The number of benzene rings is 1. The summed E-state index contributed by atoms with van der Waals surface area (Å²) in [5, 5.41) is 12.8. The molecule has 0 amide bonds. The Labute approximate surface area is 137 Å². The number of aromatic nitrogens is 2. The highest BCUT2D eigenvalue weighted by Crippen LogP contribution is 2.18. The molecule has 0 radical (unpaired) electrons. The highest BCUT2D eigenvalue weighted by molar-refractivity contribution is 7.92. The predicted octanol–water partition coefficient (Wildman–Crippen LogP) is 1.73. The van der Waals surface area contributed by atoms with E-state index in [0.29, 0.717) is 12.7 Å². The zero-order valence-electron chi connectivity index (χ0n) is 12.9. The van der Waals surface area contributed by atoms with Gasteiger partial charge in [0.15, 0.2) is 5.82 Å². The first-order chi connectivity index (χ1) is 11.2. The van der Waals surface area contributed by atoms with Crippen molar-refractivity contribution in [1.82, 2.24) is 9.78 Å².